The fourth-order valence-corrected chi connectivity index (χ4v) is 1.50. The topological polar surface area (TPSA) is 37.3 Å². The van der Waals surface area contributed by atoms with Crippen LogP contribution in [-0.2, 0) is 4.79 Å². The van der Waals surface area contributed by atoms with Crippen molar-refractivity contribution < 1.29 is 9.90 Å². The van der Waals surface area contributed by atoms with Gasteiger partial charge in [-0.15, -0.1) is 0 Å². The van der Waals surface area contributed by atoms with Crippen LogP contribution in [-0.4, -0.2) is 17.0 Å². The Bertz CT molecular complexity index is 173. The highest BCUT2D eigenvalue weighted by atomic mass is 16.3. The lowest BCUT2D eigenvalue weighted by Gasteiger charge is -2.11. The average Bonchev–Trinajstić information content (AvgIpc) is 2.12. The summed E-state index contributed by atoms with van der Waals surface area (Å²) in [6, 6.07) is 0. The predicted molar refractivity (Wildman–Crippen MR) is 63.8 cm³/mol. The molecule has 0 bridgehead atoms. The maximum absolute atomic E-state index is 11.3. The maximum Gasteiger partial charge on any atom is 0.137 e. The Kier molecular flexibility index (Phi) is 7.67. The normalized spacial score (nSPS) is 13.5. The first kappa shape index (κ1) is 14.6. The van der Waals surface area contributed by atoms with Crippen LogP contribution in [0.5, 0.6) is 0 Å². The lowest BCUT2D eigenvalue weighted by atomic mass is 9.98. The van der Waals surface area contributed by atoms with Crippen LogP contribution in [0.4, 0.5) is 0 Å². The summed E-state index contributed by atoms with van der Waals surface area (Å²) < 4.78 is 0. The van der Waals surface area contributed by atoms with Crippen molar-refractivity contribution in [2.75, 3.05) is 0 Å². The van der Waals surface area contributed by atoms with E-state index >= 15 is 0 Å². The summed E-state index contributed by atoms with van der Waals surface area (Å²) in [5.74, 6) is 0.959. The molecule has 0 saturated carbocycles. The molecule has 0 heterocycles. The molecule has 0 saturated heterocycles. The molecule has 1 atom stereocenters. The number of carbonyl (C=O) groups is 1. The summed E-state index contributed by atoms with van der Waals surface area (Å²) in [5.41, 5.74) is 0. The van der Waals surface area contributed by atoms with E-state index in [4.69, 9.17) is 0 Å². The van der Waals surface area contributed by atoms with Crippen molar-refractivity contribution in [3.63, 3.8) is 0 Å². The molecular weight excluding hydrogens is 188 g/mol. The number of Topliss-reactive ketones (excluding diaryl/α,β-unsaturated/α-hetero) is 1. The van der Waals surface area contributed by atoms with Crippen molar-refractivity contribution in [3.8, 4) is 0 Å². The quantitative estimate of drug-likeness (QED) is 0.630. The Labute approximate surface area is 94.1 Å². The Morgan fingerprint density at radius 3 is 2.07 bits per heavy atom. The van der Waals surface area contributed by atoms with E-state index in [9.17, 15) is 9.90 Å². The van der Waals surface area contributed by atoms with Gasteiger partial charge in [0, 0.05) is 12.3 Å². The van der Waals surface area contributed by atoms with E-state index in [1.807, 2.05) is 13.8 Å². The SMILES string of the molecule is CC(C)CCCC[C@@H](O)CC(=O)C(C)C. The number of aliphatic hydroxyl groups is 1. The van der Waals surface area contributed by atoms with Crippen LogP contribution >= 0.6 is 0 Å². The minimum atomic E-state index is -0.424. The second kappa shape index (κ2) is 7.86. The first-order valence-electron chi connectivity index (χ1n) is 6.14. The standard InChI is InChI=1S/C13H26O2/c1-10(2)7-5-6-8-12(14)9-13(15)11(3)4/h10-12,14H,5-9H2,1-4H3/t12-/m1/s1. The van der Waals surface area contributed by atoms with Crippen LogP contribution in [0.3, 0.4) is 0 Å². The van der Waals surface area contributed by atoms with E-state index in [2.05, 4.69) is 13.8 Å². The van der Waals surface area contributed by atoms with Crippen molar-refractivity contribution >= 4 is 5.78 Å². The summed E-state index contributed by atoms with van der Waals surface area (Å²) in [5, 5.41) is 9.61. The predicted octanol–water partition coefficient (Wildman–Crippen LogP) is 3.18. The van der Waals surface area contributed by atoms with E-state index < -0.39 is 6.10 Å². The van der Waals surface area contributed by atoms with Crippen LogP contribution in [0.2, 0.25) is 0 Å². The zero-order chi connectivity index (χ0) is 11.8. The Hall–Kier alpha value is -0.370. The third kappa shape index (κ3) is 8.61. The molecule has 0 aromatic carbocycles. The molecule has 0 aliphatic rings. The molecular formula is C13H26O2. The van der Waals surface area contributed by atoms with Crippen molar-refractivity contribution in [2.45, 2.75) is 65.9 Å². The molecule has 90 valence electrons. The summed E-state index contributed by atoms with van der Waals surface area (Å²) in [4.78, 5) is 11.3. The van der Waals surface area contributed by atoms with E-state index in [0.29, 0.717) is 6.42 Å². The van der Waals surface area contributed by atoms with E-state index in [-0.39, 0.29) is 11.7 Å². The molecule has 0 unspecified atom stereocenters. The fourth-order valence-electron chi connectivity index (χ4n) is 1.50. The molecule has 0 amide bonds. The molecule has 2 nitrogen and oxygen atoms in total. The van der Waals surface area contributed by atoms with Gasteiger partial charge in [-0.2, -0.15) is 0 Å². The van der Waals surface area contributed by atoms with E-state index in [0.717, 1.165) is 25.2 Å². The lowest BCUT2D eigenvalue weighted by Crippen LogP contribution is -2.17. The number of hydrogen-bond acceptors (Lipinski definition) is 2. The molecule has 0 aromatic rings. The van der Waals surface area contributed by atoms with Crippen LogP contribution in [0.25, 0.3) is 0 Å². The average molecular weight is 214 g/mol. The van der Waals surface area contributed by atoms with Crippen LogP contribution in [0, 0.1) is 11.8 Å². The molecule has 0 rings (SSSR count). The van der Waals surface area contributed by atoms with Crippen molar-refractivity contribution in [2.24, 2.45) is 11.8 Å². The number of unbranched alkanes of at least 4 members (excludes halogenated alkanes) is 1. The highest BCUT2D eigenvalue weighted by Crippen LogP contribution is 2.12. The third-order valence-electron chi connectivity index (χ3n) is 2.65. The van der Waals surface area contributed by atoms with Gasteiger partial charge < -0.3 is 5.11 Å². The monoisotopic (exact) mass is 214 g/mol. The van der Waals surface area contributed by atoms with Crippen LogP contribution < -0.4 is 0 Å². The van der Waals surface area contributed by atoms with Crippen molar-refractivity contribution in [1.82, 2.24) is 0 Å². The van der Waals surface area contributed by atoms with Crippen molar-refractivity contribution in [3.05, 3.63) is 0 Å². The fraction of sp³-hybridized carbons (Fsp3) is 0.923. The molecule has 0 fully saturated rings. The lowest BCUT2D eigenvalue weighted by molar-refractivity contribution is -0.123. The molecule has 0 spiro atoms. The van der Waals surface area contributed by atoms with Gasteiger partial charge in [-0.25, -0.2) is 0 Å². The Morgan fingerprint density at radius 1 is 1.07 bits per heavy atom. The molecule has 15 heavy (non-hydrogen) atoms. The molecule has 0 radical (unpaired) electrons. The maximum atomic E-state index is 11.3. The largest absolute Gasteiger partial charge is 0.393 e. The first-order valence-corrected chi connectivity index (χ1v) is 6.14. The van der Waals surface area contributed by atoms with Crippen LogP contribution in [0.15, 0.2) is 0 Å². The van der Waals surface area contributed by atoms with Gasteiger partial charge in [0.1, 0.15) is 5.78 Å². The molecule has 0 aromatic heterocycles. The Morgan fingerprint density at radius 2 is 1.60 bits per heavy atom. The number of hydrogen-bond donors (Lipinski definition) is 1. The van der Waals surface area contributed by atoms with Gasteiger partial charge >= 0.3 is 0 Å². The highest BCUT2D eigenvalue weighted by Gasteiger charge is 2.13. The molecule has 2 heteroatoms. The Balaban J connectivity index is 3.49. The highest BCUT2D eigenvalue weighted by molar-refractivity contribution is 5.80. The van der Waals surface area contributed by atoms with E-state index in [1.54, 1.807) is 0 Å². The number of carbonyl (C=O) groups excluding carboxylic acids is 1. The van der Waals surface area contributed by atoms with Gasteiger partial charge in [0.15, 0.2) is 0 Å². The molecule has 0 aliphatic carbocycles. The first-order chi connectivity index (χ1) is 6.93. The smallest absolute Gasteiger partial charge is 0.137 e. The minimum absolute atomic E-state index is 0.0512. The van der Waals surface area contributed by atoms with Crippen molar-refractivity contribution in [1.29, 1.82) is 0 Å². The number of rotatable bonds is 8. The number of aliphatic hydroxyl groups excluding tert-OH is 1. The number of ketones is 1. The van der Waals surface area contributed by atoms with E-state index in [1.165, 1.54) is 6.42 Å². The summed E-state index contributed by atoms with van der Waals surface area (Å²) in [7, 11) is 0. The summed E-state index contributed by atoms with van der Waals surface area (Å²) in [6.45, 7) is 8.18. The second-order valence-corrected chi connectivity index (χ2v) is 5.16. The van der Waals surface area contributed by atoms with Gasteiger partial charge in [-0.3, -0.25) is 4.79 Å². The van der Waals surface area contributed by atoms with Crippen LogP contribution in [0.1, 0.15) is 59.8 Å². The molecule has 1 N–H and O–H groups in total. The zero-order valence-electron chi connectivity index (χ0n) is 10.6. The van der Waals surface area contributed by atoms with Gasteiger partial charge in [0.25, 0.3) is 0 Å². The van der Waals surface area contributed by atoms with Gasteiger partial charge in [-0.1, -0.05) is 47.0 Å². The minimum Gasteiger partial charge on any atom is -0.393 e. The summed E-state index contributed by atoms with van der Waals surface area (Å²) in [6.07, 6.45) is 4.08. The summed E-state index contributed by atoms with van der Waals surface area (Å²) >= 11 is 0. The van der Waals surface area contributed by atoms with Gasteiger partial charge in [0.2, 0.25) is 0 Å². The zero-order valence-corrected chi connectivity index (χ0v) is 10.6. The van der Waals surface area contributed by atoms with Gasteiger partial charge in [-0.05, 0) is 12.3 Å². The second-order valence-electron chi connectivity index (χ2n) is 5.16. The molecule has 0 aliphatic heterocycles. The third-order valence-corrected chi connectivity index (χ3v) is 2.65. The van der Waals surface area contributed by atoms with Gasteiger partial charge in [0.05, 0.1) is 6.10 Å².